The molecule has 2 aromatic rings. The molecule has 0 amide bonds. The Hall–Kier alpha value is -1.40. The molecule has 0 atom stereocenters. The average molecular weight is 322 g/mol. The Balaban J connectivity index is 1.71. The third-order valence-electron chi connectivity index (χ3n) is 3.27. The number of nitrogens with zero attached hydrogens (tertiary/aromatic N) is 2. The van der Waals surface area contributed by atoms with Crippen LogP contribution in [0.25, 0.3) is 0 Å². The van der Waals surface area contributed by atoms with Crippen LogP contribution in [0.2, 0.25) is 0 Å². The Kier molecular flexibility index (Phi) is 3.79. The molecule has 0 fully saturated rings. The number of halogens is 1. The highest BCUT2D eigenvalue weighted by molar-refractivity contribution is 9.10. The summed E-state index contributed by atoms with van der Waals surface area (Å²) in [5.41, 5.74) is 3.64. The van der Waals surface area contributed by atoms with Crippen molar-refractivity contribution in [2.45, 2.75) is 19.4 Å². The average Bonchev–Trinajstić information content (AvgIpc) is 2.91. The topological polar surface area (TPSA) is 65.6 Å². The number of rotatable bonds is 4. The second-order valence-corrected chi connectivity index (χ2v) is 5.30. The van der Waals surface area contributed by atoms with Gasteiger partial charge in [0.05, 0.1) is 5.69 Å². The highest BCUT2D eigenvalue weighted by Gasteiger charge is 2.16. The first-order valence-electron chi connectivity index (χ1n) is 6.44. The largest absolute Gasteiger partial charge is 0.369 e. The number of anilines is 1. The molecule has 19 heavy (non-hydrogen) atoms. The Morgan fingerprint density at radius 3 is 3.16 bits per heavy atom. The van der Waals surface area contributed by atoms with Gasteiger partial charge in [-0.2, -0.15) is 0 Å². The molecule has 2 aromatic heterocycles. The molecule has 0 saturated heterocycles. The van der Waals surface area contributed by atoms with Gasteiger partial charge in [-0.05, 0) is 34.0 Å². The molecule has 0 radical (unpaired) electrons. The smallest absolute Gasteiger partial charge is 0.198 e. The fourth-order valence-electron chi connectivity index (χ4n) is 2.30. The zero-order valence-corrected chi connectivity index (χ0v) is 12.1. The molecule has 0 saturated carbocycles. The van der Waals surface area contributed by atoms with Gasteiger partial charge >= 0.3 is 0 Å². The van der Waals surface area contributed by atoms with Gasteiger partial charge < -0.3 is 15.6 Å². The number of nitrogens with one attached hydrogen (secondary N) is 3. The maximum atomic E-state index is 4.45. The predicted octanol–water partition coefficient (Wildman–Crippen LogP) is 1.87. The predicted molar refractivity (Wildman–Crippen MR) is 78.1 cm³/mol. The van der Waals surface area contributed by atoms with Crippen LogP contribution >= 0.6 is 15.9 Å². The number of aromatic amines is 1. The Labute approximate surface area is 120 Å². The molecule has 100 valence electrons. The van der Waals surface area contributed by atoms with Crippen LogP contribution in [-0.4, -0.2) is 28.0 Å². The summed E-state index contributed by atoms with van der Waals surface area (Å²) >= 11 is 3.38. The number of aromatic nitrogens is 3. The Morgan fingerprint density at radius 2 is 2.32 bits per heavy atom. The van der Waals surface area contributed by atoms with Crippen LogP contribution in [0.4, 0.5) is 5.82 Å². The molecule has 3 rings (SSSR count). The van der Waals surface area contributed by atoms with Gasteiger partial charge in [0, 0.05) is 44.0 Å². The molecular formula is C13H16BrN5. The van der Waals surface area contributed by atoms with Crippen LogP contribution in [-0.2, 0) is 19.4 Å². The zero-order valence-electron chi connectivity index (χ0n) is 10.5. The summed E-state index contributed by atoms with van der Waals surface area (Å²) in [6.07, 6.45) is 5.91. The molecule has 0 bridgehead atoms. The lowest BCUT2D eigenvalue weighted by molar-refractivity contribution is 0.625. The van der Waals surface area contributed by atoms with E-state index in [0.29, 0.717) is 4.73 Å². The molecule has 1 aliphatic heterocycles. The highest BCUT2D eigenvalue weighted by Crippen LogP contribution is 2.21. The van der Waals surface area contributed by atoms with Crippen LogP contribution in [0.15, 0.2) is 23.2 Å². The lowest BCUT2D eigenvalue weighted by atomic mass is 10.1. The van der Waals surface area contributed by atoms with Gasteiger partial charge in [0.2, 0.25) is 0 Å². The lowest BCUT2D eigenvalue weighted by Gasteiger charge is -2.19. The summed E-state index contributed by atoms with van der Waals surface area (Å²) in [6, 6.07) is 2.09. The molecule has 0 aliphatic carbocycles. The van der Waals surface area contributed by atoms with E-state index in [1.54, 1.807) is 0 Å². The first kappa shape index (κ1) is 12.6. The standard InChI is InChI=1S/C13H16BrN5/c14-13-18-11-3-5-16-8-10(11)12(19-13)17-6-2-9-1-4-15-7-9/h1,4,7,15-16H,2-3,5-6,8H2,(H,17,18,19). The first-order chi connectivity index (χ1) is 9.33. The lowest BCUT2D eigenvalue weighted by Crippen LogP contribution is -2.26. The molecule has 0 unspecified atom stereocenters. The maximum absolute atomic E-state index is 4.45. The van der Waals surface area contributed by atoms with E-state index < -0.39 is 0 Å². The number of fused-ring (bicyclic) bond motifs is 1. The normalized spacial score (nSPS) is 14.2. The van der Waals surface area contributed by atoms with E-state index in [0.717, 1.165) is 44.0 Å². The van der Waals surface area contributed by atoms with E-state index in [1.165, 1.54) is 11.1 Å². The van der Waals surface area contributed by atoms with Crippen molar-refractivity contribution in [3.05, 3.63) is 40.0 Å². The van der Waals surface area contributed by atoms with Gasteiger partial charge in [0.15, 0.2) is 4.73 Å². The highest BCUT2D eigenvalue weighted by atomic mass is 79.9. The van der Waals surface area contributed by atoms with Crippen molar-refractivity contribution in [3.63, 3.8) is 0 Å². The van der Waals surface area contributed by atoms with Gasteiger partial charge in [-0.1, -0.05) is 0 Å². The molecule has 3 N–H and O–H groups in total. The second-order valence-electron chi connectivity index (χ2n) is 4.59. The summed E-state index contributed by atoms with van der Waals surface area (Å²) in [6.45, 7) is 2.70. The Morgan fingerprint density at radius 1 is 1.37 bits per heavy atom. The van der Waals surface area contributed by atoms with Gasteiger partial charge in [-0.3, -0.25) is 0 Å². The van der Waals surface area contributed by atoms with Crippen molar-refractivity contribution < 1.29 is 0 Å². The van der Waals surface area contributed by atoms with Gasteiger partial charge in [-0.15, -0.1) is 0 Å². The fraction of sp³-hybridized carbons (Fsp3) is 0.385. The summed E-state index contributed by atoms with van der Waals surface area (Å²) in [5.74, 6) is 0.944. The van der Waals surface area contributed by atoms with Gasteiger partial charge in [0.1, 0.15) is 5.82 Å². The van der Waals surface area contributed by atoms with E-state index in [2.05, 4.69) is 47.6 Å². The van der Waals surface area contributed by atoms with Crippen LogP contribution in [0.1, 0.15) is 16.8 Å². The summed E-state index contributed by atoms with van der Waals surface area (Å²) < 4.78 is 0.664. The van der Waals surface area contributed by atoms with E-state index >= 15 is 0 Å². The SMILES string of the molecule is Brc1nc2c(c(NCCc3cc[nH]c3)n1)CNCC2. The van der Waals surface area contributed by atoms with E-state index in [4.69, 9.17) is 0 Å². The summed E-state index contributed by atoms with van der Waals surface area (Å²) in [7, 11) is 0. The minimum atomic E-state index is 0.664. The van der Waals surface area contributed by atoms with Crippen molar-refractivity contribution in [3.8, 4) is 0 Å². The number of H-pyrrole nitrogens is 1. The van der Waals surface area contributed by atoms with Crippen molar-refractivity contribution in [1.29, 1.82) is 0 Å². The zero-order chi connectivity index (χ0) is 13.1. The molecular weight excluding hydrogens is 306 g/mol. The molecule has 1 aliphatic rings. The van der Waals surface area contributed by atoms with Crippen molar-refractivity contribution in [2.24, 2.45) is 0 Å². The van der Waals surface area contributed by atoms with Crippen molar-refractivity contribution >= 4 is 21.7 Å². The molecule has 0 aromatic carbocycles. The maximum Gasteiger partial charge on any atom is 0.198 e. The molecule has 6 heteroatoms. The monoisotopic (exact) mass is 321 g/mol. The minimum Gasteiger partial charge on any atom is -0.369 e. The number of hydrogen-bond acceptors (Lipinski definition) is 4. The van der Waals surface area contributed by atoms with Crippen LogP contribution in [0.5, 0.6) is 0 Å². The minimum absolute atomic E-state index is 0.664. The van der Waals surface area contributed by atoms with Crippen LogP contribution in [0.3, 0.4) is 0 Å². The third kappa shape index (κ3) is 2.96. The molecule has 5 nitrogen and oxygen atoms in total. The van der Waals surface area contributed by atoms with Gasteiger partial charge in [-0.25, -0.2) is 9.97 Å². The van der Waals surface area contributed by atoms with Crippen LogP contribution in [0, 0.1) is 0 Å². The first-order valence-corrected chi connectivity index (χ1v) is 7.24. The van der Waals surface area contributed by atoms with E-state index in [1.807, 2.05) is 12.4 Å². The Bertz CT molecular complexity index is 552. The van der Waals surface area contributed by atoms with Gasteiger partial charge in [0.25, 0.3) is 0 Å². The van der Waals surface area contributed by atoms with E-state index in [9.17, 15) is 0 Å². The second kappa shape index (κ2) is 5.71. The summed E-state index contributed by atoms with van der Waals surface area (Å²) in [4.78, 5) is 12.0. The third-order valence-corrected chi connectivity index (χ3v) is 3.63. The summed E-state index contributed by atoms with van der Waals surface area (Å²) in [5, 5.41) is 6.78. The molecule has 3 heterocycles. The number of hydrogen-bond donors (Lipinski definition) is 3. The van der Waals surface area contributed by atoms with E-state index in [-0.39, 0.29) is 0 Å². The quantitative estimate of drug-likeness (QED) is 0.752. The van der Waals surface area contributed by atoms with Crippen molar-refractivity contribution in [2.75, 3.05) is 18.4 Å². The molecule has 0 spiro atoms. The van der Waals surface area contributed by atoms with Crippen molar-refractivity contribution in [1.82, 2.24) is 20.3 Å². The fourth-order valence-corrected chi connectivity index (χ4v) is 2.69. The van der Waals surface area contributed by atoms with Crippen LogP contribution < -0.4 is 10.6 Å².